The van der Waals surface area contributed by atoms with Crippen molar-refractivity contribution < 1.29 is 9.18 Å². The molecule has 0 saturated heterocycles. The van der Waals surface area contributed by atoms with Crippen LogP contribution in [-0.2, 0) is 6.54 Å². The number of para-hydroxylation sites is 2. The average molecular weight is 425 g/mol. The predicted octanol–water partition coefficient (Wildman–Crippen LogP) is 4.97. The second-order valence-corrected chi connectivity index (χ2v) is 7.48. The van der Waals surface area contributed by atoms with Crippen molar-refractivity contribution >= 4 is 22.8 Å². The first-order chi connectivity index (χ1) is 15.6. The van der Waals surface area contributed by atoms with Gasteiger partial charge in [-0.15, -0.1) is 0 Å². The summed E-state index contributed by atoms with van der Waals surface area (Å²) in [6.45, 7) is 2.12. The van der Waals surface area contributed by atoms with Gasteiger partial charge in [0, 0.05) is 17.2 Å². The molecular weight excluding hydrogens is 405 g/mol. The van der Waals surface area contributed by atoms with Crippen molar-refractivity contribution in [2.45, 2.75) is 13.5 Å². The quantitative estimate of drug-likeness (QED) is 0.432. The summed E-state index contributed by atoms with van der Waals surface area (Å²) in [5, 5.41) is 7.50. The van der Waals surface area contributed by atoms with E-state index in [0.717, 1.165) is 16.7 Å². The maximum Gasteiger partial charge on any atom is 0.256 e. The van der Waals surface area contributed by atoms with Crippen LogP contribution < -0.4 is 5.32 Å². The van der Waals surface area contributed by atoms with Gasteiger partial charge in [-0.25, -0.2) is 9.37 Å². The lowest BCUT2D eigenvalue weighted by atomic mass is 10.2. The van der Waals surface area contributed by atoms with Gasteiger partial charge in [0.15, 0.2) is 0 Å². The Labute approximate surface area is 184 Å². The predicted molar refractivity (Wildman–Crippen MR) is 121 cm³/mol. The van der Waals surface area contributed by atoms with Gasteiger partial charge in [0.2, 0.25) is 5.95 Å². The Kier molecular flexibility index (Phi) is 4.99. The summed E-state index contributed by atoms with van der Waals surface area (Å²) in [6.07, 6.45) is 0. The minimum atomic E-state index is -0.287. The number of hydrogen-bond donors (Lipinski definition) is 1. The van der Waals surface area contributed by atoms with E-state index in [2.05, 4.69) is 10.4 Å². The van der Waals surface area contributed by atoms with Crippen molar-refractivity contribution in [3.8, 4) is 5.95 Å². The van der Waals surface area contributed by atoms with Gasteiger partial charge in [-0.2, -0.15) is 9.78 Å². The maximum atomic E-state index is 14.4. The first kappa shape index (κ1) is 19.7. The van der Waals surface area contributed by atoms with E-state index in [-0.39, 0.29) is 18.3 Å². The lowest BCUT2D eigenvalue weighted by Crippen LogP contribution is -2.17. The fourth-order valence-electron chi connectivity index (χ4n) is 3.70. The zero-order valence-corrected chi connectivity index (χ0v) is 17.4. The fraction of sp³-hybridized carbons (Fsp3) is 0.0800. The Morgan fingerprint density at radius 2 is 1.69 bits per heavy atom. The molecule has 0 aliphatic heterocycles. The third-order valence-corrected chi connectivity index (χ3v) is 5.22. The van der Waals surface area contributed by atoms with Crippen LogP contribution in [0.3, 0.4) is 0 Å². The van der Waals surface area contributed by atoms with Gasteiger partial charge in [0.1, 0.15) is 11.6 Å². The highest BCUT2D eigenvalue weighted by molar-refractivity contribution is 6.03. The van der Waals surface area contributed by atoms with E-state index in [1.807, 2.05) is 54.0 Å². The Hall–Kier alpha value is -4.26. The Balaban J connectivity index is 1.61. The summed E-state index contributed by atoms with van der Waals surface area (Å²) in [5.41, 5.74) is 3.40. The number of amides is 1. The van der Waals surface area contributed by atoms with E-state index in [0.29, 0.717) is 22.9 Å². The summed E-state index contributed by atoms with van der Waals surface area (Å²) in [5.74, 6) is 0.446. The third kappa shape index (κ3) is 3.65. The molecule has 0 radical (unpaired) electrons. The SMILES string of the molecule is Cc1cc(NC(=O)c2ccccc2)n(-c2nc3ccccc3n2Cc2ccccc2F)n1. The van der Waals surface area contributed by atoms with E-state index < -0.39 is 0 Å². The number of carbonyl (C=O) groups excluding carboxylic acids is 1. The highest BCUT2D eigenvalue weighted by Gasteiger charge is 2.19. The molecule has 1 amide bonds. The number of carbonyl (C=O) groups is 1. The molecule has 2 heterocycles. The van der Waals surface area contributed by atoms with E-state index in [9.17, 15) is 9.18 Å². The third-order valence-electron chi connectivity index (χ3n) is 5.22. The number of imidazole rings is 1. The molecule has 0 atom stereocenters. The van der Waals surface area contributed by atoms with Crippen molar-refractivity contribution in [2.24, 2.45) is 0 Å². The largest absolute Gasteiger partial charge is 0.306 e. The molecule has 32 heavy (non-hydrogen) atoms. The number of fused-ring (bicyclic) bond motifs is 1. The highest BCUT2D eigenvalue weighted by Crippen LogP contribution is 2.24. The average Bonchev–Trinajstić information content (AvgIpc) is 3.35. The first-order valence-electron chi connectivity index (χ1n) is 10.2. The topological polar surface area (TPSA) is 64.7 Å². The van der Waals surface area contributed by atoms with Crippen LogP contribution >= 0.6 is 0 Å². The summed E-state index contributed by atoms with van der Waals surface area (Å²) in [4.78, 5) is 17.5. The minimum absolute atomic E-state index is 0.247. The van der Waals surface area contributed by atoms with Crippen LogP contribution in [0.25, 0.3) is 17.0 Å². The van der Waals surface area contributed by atoms with Gasteiger partial charge in [0.25, 0.3) is 5.91 Å². The fourth-order valence-corrected chi connectivity index (χ4v) is 3.70. The molecule has 0 fully saturated rings. The second kappa shape index (κ2) is 8.11. The Bertz CT molecular complexity index is 1420. The minimum Gasteiger partial charge on any atom is -0.306 e. The first-order valence-corrected chi connectivity index (χ1v) is 10.2. The lowest BCUT2D eigenvalue weighted by Gasteiger charge is -2.12. The van der Waals surface area contributed by atoms with Crippen LogP contribution in [0.2, 0.25) is 0 Å². The van der Waals surface area contributed by atoms with Gasteiger partial charge in [0.05, 0.1) is 23.3 Å². The molecule has 6 nitrogen and oxygen atoms in total. The van der Waals surface area contributed by atoms with Crippen LogP contribution in [0.4, 0.5) is 10.2 Å². The summed E-state index contributed by atoms with van der Waals surface area (Å²) >= 11 is 0. The van der Waals surface area contributed by atoms with Crippen LogP contribution in [0, 0.1) is 12.7 Å². The van der Waals surface area contributed by atoms with Crippen LogP contribution in [0.1, 0.15) is 21.6 Å². The van der Waals surface area contributed by atoms with Gasteiger partial charge in [-0.3, -0.25) is 4.79 Å². The standard InChI is InChI=1S/C25H20FN5O/c1-17-15-23(28-24(32)18-9-3-2-4-10-18)31(29-17)25-27-21-13-7-8-14-22(21)30(25)16-19-11-5-6-12-20(19)26/h2-15H,16H2,1H3,(H,28,32). The molecule has 0 aliphatic carbocycles. The van der Waals surface area contributed by atoms with Crippen LogP contribution in [-0.4, -0.2) is 25.2 Å². The molecule has 0 bridgehead atoms. The number of hydrogen-bond acceptors (Lipinski definition) is 3. The summed E-state index contributed by atoms with van der Waals surface area (Å²) in [7, 11) is 0. The van der Waals surface area contributed by atoms with Crippen molar-refractivity contribution in [3.63, 3.8) is 0 Å². The number of anilines is 1. The molecule has 5 aromatic rings. The summed E-state index contributed by atoms with van der Waals surface area (Å²) in [6, 6.07) is 25.1. The smallest absolute Gasteiger partial charge is 0.256 e. The molecule has 1 N–H and O–H groups in total. The molecule has 0 unspecified atom stereocenters. The molecule has 0 spiro atoms. The van der Waals surface area contributed by atoms with Crippen molar-refractivity contribution in [1.82, 2.24) is 19.3 Å². The van der Waals surface area contributed by atoms with Gasteiger partial charge in [-0.05, 0) is 37.3 Å². The molecule has 0 saturated carbocycles. The second-order valence-electron chi connectivity index (χ2n) is 7.48. The van der Waals surface area contributed by atoms with E-state index in [4.69, 9.17) is 4.98 Å². The lowest BCUT2D eigenvalue weighted by molar-refractivity contribution is 0.102. The van der Waals surface area contributed by atoms with E-state index in [1.165, 1.54) is 6.07 Å². The highest BCUT2D eigenvalue weighted by atomic mass is 19.1. The van der Waals surface area contributed by atoms with Gasteiger partial charge < -0.3 is 9.88 Å². The molecular formula is C25H20FN5O. The molecule has 2 aromatic heterocycles. The van der Waals surface area contributed by atoms with Crippen molar-refractivity contribution in [3.05, 3.63) is 108 Å². The number of rotatable bonds is 5. The Morgan fingerprint density at radius 1 is 0.969 bits per heavy atom. The molecule has 0 aliphatic rings. The maximum absolute atomic E-state index is 14.4. The molecule has 158 valence electrons. The number of nitrogens with one attached hydrogen (secondary N) is 1. The monoisotopic (exact) mass is 425 g/mol. The van der Waals surface area contributed by atoms with Crippen molar-refractivity contribution in [2.75, 3.05) is 5.32 Å². The number of aryl methyl sites for hydroxylation is 1. The zero-order valence-electron chi connectivity index (χ0n) is 17.4. The Morgan fingerprint density at radius 3 is 2.50 bits per heavy atom. The van der Waals surface area contributed by atoms with E-state index in [1.54, 1.807) is 41.1 Å². The van der Waals surface area contributed by atoms with Crippen molar-refractivity contribution in [1.29, 1.82) is 0 Å². The summed E-state index contributed by atoms with van der Waals surface area (Å²) < 4.78 is 17.9. The normalized spacial score (nSPS) is 11.1. The number of nitrogens with zero attached hydrogens (tertiary/aromatic N) is 4. The molecule has 7 heteroatoms. The number of halogens is 1. The zero-order chi connectivity index (χ0) is 22.1. The van der Waals surface area contributed by atoms with Gasteiger partial charge in [-0.1, -0.05) is 48.5 Å². The van der Waals surface area contributed by atoms with Gasteiger partial charge >= 0.3 is 0 Å². The molecule has 3 aromatic carbocycles. The van der Waals surface area contributed by atoms with E-state index >= 15 is 0 Å². The van der Waals surface area contributed by atoms with Crippen LogP contribution in [0.15, 0.2) is 84.9 Å². The number of benzene rings is 3. The van der Waals surface area contributed by atoms with Crippen LogP contribution in [0.5, 0.6) is 0 Å². The molecule has 5 rings (SSSR count). The number of aromatic nitrogens is 4.